The van der Waals surface area contributed by atoms with Crippen LogP contribution in [0.3, 0.4) is 0 Å². The van der Waals surface area contributed by atoms with Crippen molar-refractivity contribution < 1.29 is 18.8 Å². The number of allylic oxidation sites excluding steroid dienone is 1. The Balaban J connectivity index is 2.01. The molecule has 2 saturated heterocycles. The van der Waals surface area contributed by atoms with E-state index in [1.807, 2.05) is 25.9 Å². The Kier molecular flexibility index (Phi) is 5.46. The molecule has 0 aromatic rings. The molecular weight excluding hydrogens is 291 g/mol. The van der Waals surface area contributed by atoms with E-state index in [2.05, 4.69) is 46.8 Å². The van der Waals surface area contributed by atoms with Crippen molar-refractivity contribution in [3.63, 3.8) is 0 Å². The van der Waals surface area contributed by atoms with E-state index < -0.39 is 5.79 Å². The van der Waals surface area contributed by atoms with Crippen molar-refractivity contribution in [2.45, 2.75) is 90.5 Å². The summed E-state index contributed by atoms with van der Waals surface area (Å²) >= 11 is 0. The van der Waals surface area contributed by atoms with Crippen LogP contribution in [0.4, 0.5) is 0 Å². The molecule has 0 N–H and O–H groups in total. The SMILES string of the molecule is CC/C=C\CC1OC(C)(C)OC1/C=C/B1OC(C)(C)C(C)(C)O1. The van der Waals surface area contributed by atoms with Crippen LogP contribution in [0.5, 0.6) is 0 Å². The van der Waals surface area contributed by atoms with Crippen molar-refractivity contribution in [3.05, 3.63) is 24.2 Å². The van der Waals surface area contributed by atoms with E-state index in [4.69, 9.17) is 18.8 Å². The molecule has 0 bridgehead atoms. The van der Waals surface area contributed by atoms with Crippen LogP contribution in [0.15, 0.2) is 24.2 Å². The van der Waals surface area contributed by atoms with E-state index >= 15 is 0 Å². The summed E-state index contributed by atoms with van der Waals surface area (Å²) in [5.74, 6) is 1.39. The summed E-state index contributed by atoms with van der Waals surface area (Å²) < 4.78 is 24.0. The zero-order valence-corrected chi connectivity index (χ0v) is 15.6. The molecule has 5 heteroatoms. The molecule has 0 spiro atoms. The van der Waals surface area contributed by atoms with Gasteiger partial charge in [-0.1, -0.05) is 31.1 Å². The summed E-state index contributed by atoms with van der Waals surface area (Å²) in [7, 11) is -0.348. The highest BCUT2D eigenvalue weighted by molar-refractivity contribution is 6.51. The Bertz CT molecular complexity index is 452. The lowest BCUT2D eigenvalue weighted by atomic mass is 9.88. The third-order valence-electron chi connectivity index (χ3n) is 4.72. The van der Waals surface area contributed by atoms with E-state index in [9.17, 15) is 0 Å². The third-order valence-corrected chi connectivity index (χ3v) is 4.72. The summed E-state index contributed by atoms with van der Waals surface area (Å²) in [5.41, 5.74) is -0.644. The average molecular weight is 322 g/mol. The predicted octanol–water partition coefficient (Wildman–Crippen LogP) is 4.05. The molecule has 0 amide bonds. The third kappa shape index (κ3) is 4.47. The predicted molar refractivity (Wildman–Crippen MR) is 93.1 cm³/mol. The molecule has 2 heterocycles. The maximum absolute atomic E-state index is 6.00. The molecule has 2 atom stereocenters. The topological polar surface area (TPSA) is 36.9 Å². The fraction of sp³-hybridized carbons (Fsp3) is 0.778. The lowest BCUT2D eigenvalue weighted by molar-refractivity contribution is -0.142. The number of ether oxygens (including phenoxy) is 2. The van der Waals surface area contributed by atoms with Gasteiger partial charge in [0.2, 0.25) is 0 Å². The van der Waals surface area contributed by atoms with E-state index in [-0.39, 0.29) is 30.5 Å². The second-order valence-electron chi connectivity index (χ2n) is 7.76. The van der Waals surface area contributed by atoms with Crippen molar-refractivity contribution in [3.8, 4) is 0 Å². The van der Waals surface area contributed by atoms with Crippen molar-refractivity contribution in [2.75, 3.05) is 0 Å². The lowest BCUT2D eigenvalue weighted by Crippen LogP contribution is -2.41. The van der Waals surface area contributed by atoms with Gasteiger partial charge in [-0.2, -0.15) is 0 Å². The van der Waals surface area contributed by atoms with E-state index in [0.29, 0.717) is 0 Å². The number of hydrogen-bond acceptors (Lipinski definition) is 4. The van der Waals surface area contributed by atoms with Gasteiger partial charge in [-0.3, -0.25) is 0 Å². The van der Waals surface area contributed by atoms with Crippen LogP contribution in [0, 0.1) is 0 Å². The standard InChI is InChI=1S/C18H31BO4/c1-8-9-10-11-14-15(21-18(6,7)20-14)12-13-19-22-16(2,3)17(4,5)23-19/h9-10,12-15H,8,11H2,1-7H3/b10-9-,13-12+. The molecule has 2 rings (SSSR count). The Morgan fingerprint density at radius 1 is 0.913 bits per heavy atom. The van der Waals surface area contributed by atoms with Crippen molar-refractivity contribution in [1.29, 1.82) is 0 Å². The van der Waals surface area contributed by atoms with E-state index in [0.717, 1.165) is 12.8 Å². The van der Waals surface area contributed by atoms with Gasteiger partial charge in [-0.25, -0.2) is 0 Å². The monoisotopic (exact) mass is 322 g/mol. The Labute approximate surface area is 141 Å². The summed E-state index contributed by atoms with van der Waals surface area (Å²) in [6.07, 6.45) is 8.13. The number of hydrogen-bond donors (Lipinski definition) is 0. The molecule has 2 unspecified atom stereocenters. The summed E-state index contributed by atoms with van der Waals surface area (Å²) in [5, 5.41) is 0. The first-order valence-electron chi connectivity index (χ1n) is 8.61. The molecule has 130 valence electrons. The second kappa shape index (κ2) is 6.71. The highest BCUT2D eigenvalue weighted by Crippen LogP contribution is 2.37. The second-order valence-corrected chi connectivity index (χ2v) is 7.76. The fourth-order valence-corrected chi connectivity index (χ4v) is 2.77. The van der Waals surface area contributed by atoms with Gasteiger partial charge >= 0.3 is 7.12 Å². The molecule has 2 aliphatic rings. The normalized spacial score (nSPS) is 32.4. The minimum Gasteiger partial charge on any atom is -0.400 e. The maximum atomic E-state index is 6.00. The van der Waals surface area contributed by atoms with Gasteiger partial charge in [-0.15, -0.1) is 0 Å². The fourth-order valence-electron chi connectivity index (χ4n) is 2.77. The highest BCUT2D eigenvalue weighted by atomic mass is 16.7. The van der Waals surface area contributed by atoms with Crippen LogP contribution < -0.4 is 0 Å². The quantitative estimate of drug-likeness (QED) is 0.565. The zero-order chi connectivity index (χ0) is 17.3. The molecule has 4 nitrogen and oxygen atoms in total. The first-order valence-corrected chi connectivity index (χ1v) is 8.61. The molecule has 0 aromatic heterocycles. The Hall–Kier alpha value is -0.615. The minimum absolute atomic E-state index is 0.0199. The molecule has 0 aromatic carbocycles. The van der Waals surface area contributed by atoms with Crippen LogP contribution in [0.1, 0.15) is 61.3 Å². The van der Waals surface area contributed by atoms with E-state index in [1.165, 1.54) is 0 Å². The summed E-state index contributed by atoms with van der Waals surface area (Å²) in [6, 6.07) is 0. The van der Waals surface area contributed by atoms with Crippen molar-refractivity contribution in [2.24, 2.45) is 0 Å². The van der Waals surface area contributed by atoms with Gasteiger partial charge in [0.25, 0.3) is 0 Å². The summed E-state index contributed by atoms with van der Waals surface area (Å²) in [4.78, 5) is 0. The molecular formula is C18H31BO4. The van der Waals surface area contributed by atoms with Gasteiger partial charge in [0, 0.05) is 0 Å². The molecule has 0 saturated carbocycles. The molecule has 2 fully saturated rings. The minimum atomic E-state index is -0.560. The zero-order valence-electron chi connectivity index (χ0n) is 15.6. The molecule has 0 aliphatic carbocycles. The molecule has 0 radical (unpaired) electrons. The van der Waals surface area contributed by atoms with Gasteiger partial charge in [-0.05, 0) is 54.4 Å². The largest absolute Gasteiger partial charge is 0.486 e. The first kappa shape index (κ1) is 18.7. The van der Waals surface area contributed by atoms with Crippen molar-refractivity contribution >= 4 is 7.12 Å². The van der Waals surface area contributed by atoms with Crippen LogP contribution in [0.25, 0.3) is 0 Å². The maximum Gasteiger partial charge on any atom is 0.486 e. The van der Waals surface area contributed by atoms with Gasteiger partial charge in [0.15, 0.2) is 5.79 Å². The summed E-state index contributed by atoms with van der Waals surface area (Å²) in [6.45, 7) is 14.2. The van der Waals surface area contributed by atoms with Gasteiger partial charge in [0.05, 0.1) is 17.3 Å². The average Bonchev–Trinajstić information content (AvgIpc) is 2.80. The Morgan fingerprint density at radius 3 is 2.09 bits per heavy atom. The number of rotatable bonds is 5. The van der Waals surface area contributed by atoms with Crippen LogP contribution in [-0.4, -0.2) is 36.3 Å². The van der Waals surface area contributed by atoms with Crippen LogP contribution >= 0.6 is 0 Å². The highest BCUT2D eigenvalue weighted by Gasteiger charge is 2.50. The van der Waals surface area contributed by atoms with E-state index in [1.54, 1.807) is 0 Å². The first-order chi connectivity index (χ1) is 10.6. The van der Waals surface area contributed by atoms with Gasteiger partial charge < -0.3 is 18.8 Å². The molecule has 23 heavy (non-hydrogen) atoms. The van der Waals surface area contributed by atoms with Crippen LogP contribution in [0.2, 0.25) is 0 Å². The van der Waals surface area contributed by atoms with Crippen LogP contribution in [-0.2, 0) is 18.8 Å². The molecule has 2 aliphatic heterocycles. The van der Waals surface area contributed by atoms with Gasteiger partial charge in [0.1, 0.15) is 6.10 Å². The van der Waals surface area contributed by atoms with Crippen molar-refractivity contribution in [1.82, 2.24) is 0 Å². The Morgan fingerprint density at radius 2 is 1.52 bits per heavy atom. The lowest BCUT2D eigenvalue weighted by Gasteiger charge is -2.32. The smallest absolute Gasteiger partial charge is 0.400 e.